The van der Waals surface area contributed by atoms with E-state index in [1.807, 2.05) is 20.8 Å². The van der Waals surface area contributed by atoms with E-state index in [4.69, 9.17) is 0 Å². The maximum atomic E-state index is 11.7. The first-order valence-electron chi connectivity index (χ1n) is 7.21. The fourth-order valence-electron chi connectivity index (χ4n) is 1.53. The highest BCUT2D eigenvalue weighted by Crippen LogP contribution is 2.23. The zero-order valence-corrected chi connectivity index (χ0v) is 14.3. The molecule has 0 aromatic heterocycles. The van der Waals surface area contributed by atoms with Gasteiger partial charge in [-0.15, -0.1) is 11.8 Å². The van der Waals surface area contributed by atoms with Crippen molar-refractivity contribution in [3.8, 4) is 0 Å². The van der Waals surface area contributed by atoms with Crippen LogP contribution in [0.1, 0.15) is 73.6 Å². The number of carbonyl (C=O) groups excluding carboxylic acids is 2. The normalized spacial score (nSPS) is 12.5. The molecule has 0 atom stereocenters. The Balaban J connectivity index is 3.60. The molecule has 0 amide bonds. The van der Waals surface area contributed by atoms with Gasteiger partial charge in [0.25, 0.3) is 0 Å². The Hall–Kier alpha value is -0.310. The molecule has 0 N–H and O–H groups in total. The minimum Gasteiger partial charge on any atom is -0.299 e. The molecule has 0 saturated heterocycles. The van der Waals surface area contributed by atoms with Gasteiger partial charge >= 0.3 is 0 Å². The molecule has 0 rings (SSSR count). The van der Waals surface area contributed by atoms with Crippen molar-refractivity contribution < 1.29 is 9.59 Å². The van der Waals surface area contributed by atoms with Crippen LogP contribution in [0.5, 0.6) is 0 Å². The molecular formula is C16H30O2S. The van der Waals surface area contributed by atoms with Gasteiger partial charge in [0.2, 0.25) is 0 Å². The van der Waals surface area contributed by atoms with Gasteiger partial charge in [0.05, 0.1) is 5.75 Å². The van der Waals surface area contributed by atoms with E-state index in [9.17, 15) is 9.59 Å². The third-order valence-corrected chi connectivity index (χ3v) is 4.19. The molecule has 0 fully saturated rings. The van der Waals surface area contributed by atoms with Gasteiger partial charge < -0.3 is 0 Å². The largest absolute Gasteiger partial charge is 0.299 e. The standard InChI is InChI=1S/C16H30O2S/c1-15(2,3)14(18)11-9-7-8-10-13(17)12-19-16(4,5)6/h7-12H2,1-6H3. The van der Waals surface area contributed by atoms with Crippen LogP contribution in [-0.4, -0.2) is 22.1 Å². The third kappa shape index (κ3) is 11.2. The molecule has 0 saturated carbocycles. The fraction of sp³-hybridized carbons (Fsp3) is 0.875. The van der Waals surface area contributed by atoms with E-state index in [2.05, 4.69) is 20.8 Å². The first-order valence-corrected chi connectivity index (χ1v) is 8.20. The highest BCUT2D eigenvalue weighted by Gasteiger charge is 2.20. The van der Waals surface area contributed by atoms with Crippen molar-refractivity contribution in [1.29, 1.82) is 0 Å². The second kappa shape index (κ2) is 8.08. The average molecular weight is 286 g/mol. The van der Waals surface area contributed by atoms with Crippen molar-refractivity contribution in [1.82, 2.24) is 0 Å². The van der Waals surface area contributed by atoms with Gasteiger partial charge in [-0.05, 0) is 12.8 Å². The van der Waals surface area contributed by atoms with Gasteiger partial charge in [-0.25, -0.2) is 0 Å². The lowest BCUT2D eigenvalue weighted by Gasteiger charge is -2.17. The van der Waals surface area contributed by atoms with Crippen molar-refractivity contribution in [2.75, 3.05) is 5.75 Å². The smallest absolute Gasteiger partial charge is 0.142 e. The molecule has 0 aromatic carbocycles. The zero-order valence-electron chi connectivity index (χ0n) is 13.5. The topological polar surface area (TPSA) is 34.1 Å². The lowest BCUT2D eigenvalue weighted by molar-refractivity contribution is -0.126. The van der Waals surface area contributed by atoms with Gasteiger partial charge in [-0.3, -0.25) is 9.59 Å². The Morgan fingerprint density at radius 1 is 0.842 bits per heavy atom. The first-order chi connectivity index (χ1) is 8.52. The number of thioether (sulfide) groups is 1. The summed E-state index contributed by atoms with van der Waals surface area (Å²) in [5.74, 6) is 1.27. The molecule has 3 heteroatoms. The summed E-state index contributed by atoms with van der Waals surface area (Å²) in [5, 5.41) is 0. The molecule has 2 nitrogen and oxygen atoms in total. The van der Waals surface area contributed by atoms with Crippen LogP contribution in [0.25, 0.3) is 0 Å². The second-order valence-electron chi connectivity index (χ2n) is 7.17. The van der Waals surface area contributed by atoms with Crippen LogP contribution in [0.3, 0.4) is 0 Å². The van der Waals surface area contributed by atoms with Crippen LogP contribution in [0.2, 0.25) is 0 Å². The summed E-state index contributed by atoms with van der Waals surface area (Å²) in [6.45, 7) is 12.3. The molecule has 0 aliphatic carbocycles. The van der Waals surface area contributed by atoms with E-state index < -0.39 is 0 Å². The predicted molar refractivity (Wildman–Crippen MR) is 84.8 cm³/mol. The highest BCUT2D eigenvalue weighted by atomic mass is 32.2. The van der Waals surface area contributed by atoms with Crippen LogP contribution in [0.4, 0.5) is 0 Å². The SMILES string of the molecule is CC(C)(C)SCC(=O)CCCCCC(=O)C(C)(C)C. The van der Waals surface area contributed by atoms with Crippen molar-refractivity contribution in [2.45, 2.75) is 78.4 Å². The highest BCUT2D eigenvalue weighted by molar-refractivity contribution is 8.01. The minimum atomic E-state index is -0.223. The predicted octanol–water partition coefficient (Wildman–Crippen LogP) is 4.65. The summed E-state index contributed by atoms with van der Waals surface area (Å²) >= 11 is 1.71. The van der Waals surface area contributed by atoms with E-state index in [1.165, 1.54) is 0 Å². The summed E-state index contributed by atoms with van der Waals surface area (Å²) in [6.07, 6.45) is 4.12. The molecular weight excluding hydrogens is 256 g/mol. The number of carbonyl (C=O) groups is 2. The number of rotatable bonds is 8. The summed E-state index contributed by atoms with van der Waals surface area (Å²) in [6, 6.07) is 0. The van der Waals surface area contributed by atoms with E-state index in [1.54, 1.807) is 11.8 Å². The molecule has 0 spiro atoms. The van der Waals surface area contributed by atoms with Crippen LogP contribution >= 0.6 is 11.8 Å². The number of Topliss-reactive ketones (excluding diaryl/α,β-unsaturated/α-hetero) is 2. The lowest BCUT2D eigenvalue weighted by atomic mass is 9.88. The fourth-order valence-corrected chi connectivity index (χ4v) is 2.27. The van der Waals surface area contributed by atoms with Crippen LogP contribution in [0, 0.1) is 5.41 Å². The van der Waals surface area contributed by atoms with E-state index in [0.717, 1.165) is 19.3 Å². The van der Waals surface area contributed by atoms with Gasteiger partial charge in [0, 0.05) is 23.0 Å². The van der Waals surface area contributed by atoms with Crippen molar-refractivity contribution in [3.63, 3.8) is 0 Å². The minimum absolute atomic E-state index is 0.161. The average Bonchev–Trinajstić information content (AvgIpc) is 2.23. The van der Waals surface area contributed by atoms with E-state index >= 15 is 0 Å². The van der Waals surface area contributed by atoms with Gasteiger partial charge in [-0.2, -0.15) is 0 Å². The number of unbranched alkanes of at least 4 members (excludes halogenated alkanes) is 2. The molecule has 0 aromatic rings. The molecule has 112 valence electrons. The molecule has 0 aliphatic heterocycles. The van der Waals surface area contributed by atoms with E-state index in [-0.39, 0.29) is 10.2 Å². The Labute approximate surface area is 123 Å². The zero-order chi connectivity index (χ0) is 15.1. The monoisotopic (exact) mass is 286 g/mol. The summed E-state index contributed by atoms with van der Waals surface area (Å²) < 4.78 is 0.161. The van der Waals surface area contributed by atoms with E-state index in [0.29, 0.717) is 30.2 Å². The van der Waals surface area contributed by atoms with Crippen molar-refractivity contribution >= 4 is 23.3 Å². The maximum absolute atomic E-state index is 11.7. The summed E-state index contributed by atoms with van der Waals surface area (Å²) in [5.41, 5.74) is -0.223. The van der Waals surface area contributed by atoms with Crippen LogP contribution < -0.4 is 0 Å². The quantitative estimate of drug-likeness (QED) is 0.609. The molecule has 0 bridgehead atoms. The van der Waals surface area contributed by atoms with Crippen molar-refractivity contribution in [2.24, 2.45) is 5.41 Å². The molecule has 0 radical (unpaired) electrons. The number of ketones is 2. The van der Waals surface area contributed by atoms with Gasteiger partial charge in [-0.1, -0.05) is 48.0 Å². The van der Waals surface area contributed by atoms with Crippen LogP contribution in [0.15, 0.2) is 0 Å². The van der Waals surface area contributed by atoms with Crippen LogP contribution in [-0.2, 0) is 9.59 Å². The summed E-state index contributed by atoms with van der Waals surface area (Å²) in [4.78, 5) is 23.4. The first kappa shape index (κ1) is 18.7. The molecule has 0 unspecified atom stereocenters. The number of hydrogen-bond donors (Lipinski definition) is 0. The lowest BCUT2D eigenvalue weighted by Crippen LogP contribution is -2.19. The number of hydrogen-bond acceptors (Lipinski definition) is 3. The summed E-state index contributed by atoms with van der Waals surface area (Å²) in [7, 11) is 0. The Morgan fingerprint density at radius 3 is 1.84 bits per heavy atom. The van der Waals surface area contributed by atoms with Gasteiger partial charge in [0.1, 0.15) is 11.6 Å². The Morgan fingerprint density at radius 2 is 1.37 bits per heavy atom. The molecule has 0 heterocycles. The molecule has 0 aliphatic rings. The third-order valence-electron chi connectivity index (χ3n) is 2.86. The Bertz CT molecular complexity index is 295. The van der Waals surface area contributed by atoms with Crippen molar-refractivity contribution in [3.05, 3.63) is 0 Å². The molecule has 19 heavy (non-hydrogen) atoms. The van der Waals surface area contributed by atoms with Gasteiger partial charge in [0.15, 0.2) is 0 Å². The Kier molecular flexibility index (Phi) is 7.95. The maximum Gasteiger partial charge on any atom is 0.142 e. The second-order valence-corrected chi connectivity index (χ2v) is 8.98.